The van der Waals surface area contributed by atoms with E-state index in [1.807, 2.05) is 48.5 Å². The quantitative estimate of drug-likeness (QED) is 0.358. The number of rotatable bonds is 4. The maximum atomic E-state index is 13.3. The fourth-order valence-corrected chi connectivity index (χ4v) is 5.11. The second kappa shape index (κ2) is 7.87. The number of para-hydroxylation sites is 2. The molecule has 2 heterocycles. The minimum atomic E-state index is -0.0545. The van der Waals surface area contributed by atoms with Gasteiger partial charge in [-0.25, -0.2) is 9.38 Å². The Morgan fingerprint density at radius 3 is 2.61 bits per heavy atom. The minimum absolute atomic E-state index is 0.0545. The van der Waals surface area contributed by atoms with Crippen LogP contribution in [0.3, 0.4) is 0 Å². The zero-order valence-corrected chi connectivity index (χ0v) is 18.8. The van der Waals surface area contributed by atoms with E-state index in [2.05, 4.69) is 54.4 Å². The molecule has 6 aromatic rings. The van der Waals surface area contributed by atoms with Gasteiger partial charge in [-0.2, -0.15) is 0 Å². The highest BCUT2D eigenvalue weighted by molar-refractivity contribution is 7.15. The largest absolute Gasteiger partial charge is 0.488 e. The molecule has 0 aliphatic heterocycles. The molecule has 0 aliphatic carbocycles. The topological polar surface area (TPSA) is 43.6 Å². The molecule has 0 atom stereocenters. The number of fused-ring (bicyclic) bond motifs is 4. The van der Waals surface area contributed by atoms with Crippen LogP contribution in [0, 0.1) is 6.92 Å². The van der Waals surface area contributed by atoms with E-state index in [-0.39, 0.29) is 5.56 Å². The first-order valence-corrected chi connectivity index (χ1v) is 11.6. The number of thiazole rings is 1. The van der Waals surface area contributed by atoms with E-state index in [1.165, 1.54) is 16.9 Å². The van der Waals surface area contributed by atoms with E-state index in [1.54, 1.807) is 4.40 Å². The van der Waals surface area contributed by atoms with Crippen molar-refractivity contribution in [2.45, 2.75) is 13.5 Å². The van der Waals surface area contributed by atoms with Crippen LogP contribution in [0.5, 0.6) is 5.75 Å². The van der Waals surface area contributed by atoms with Crippen molar-refractivity contribution >= 4 is 44.2 Å². The molecule has 6 rings (SSSR count). The first-order chi connectivity index (χ1) is 16.2. The lowest BCUT2D eigenvalue weighted by Crippen LogP contribution is -2.22. The van der Waals surface area contributed by atoms with E-state index in [0.29, 0.717) is 16.1 Å². The van der Waals surface area contributed by atoms with Crippen molar-refractivity contribution in [2.75, 3.05) is 0 Å². The summed E-state index contributed by atoms with van der Waals surface area (Å²) in [7, 11) is 0. The Kier molecular flexibility index (Phi) is 4.70. The highest BCUT2D eigenvalue weighted by Crippen LogP contribution is 2.30. The molecule has 0 saturated heterocycles. The molecule has 0 saturated carbocycles. The smallest absolute Gasteiger partial charge is 0.274 e. The van der Waals surface area contributed by atoms with E-state index in [0.717, 1.165) is 38.7 Å². The minimum Gasteiger partial charge on any atom is -0.488 e. The average Bonchev–Trinajstić information content (AvgIpc) is 3.35. The summed E-state index contributed by atoms with van der Waals surface area (Å²) in [5.74, 6) is 0.754. The highest BCUT2D eigenvalue weighted by atomic mass is 32.1. The van der Waals surface area contributed by atoms with Crippen LogP contribution in [0.15, 0.2) is 89.7 Å². The summed E-state index contributed by atoms with van der Waals surface area (Å²) in [6.07, 6.45) is 1.95. The van der Waals surface area contributed by atoms with Gasteiger partial charge in [0.05, 0.1) is 15.6 Å². The first kappa shape index (κ1) is 19.7. The van der Waals surface area contributed by atoms with Crippen molar-refractivity contribution in [1.82, 2.24) is 9.38 Å². The molecule has 0 amide bonds. The molecule has 0 radical (unpaired) electrons. The Hall–Kier alpha value is -3.96. The fourth-order valence-electron chi connectivity index (χ4n) is 4.14. The lowest BCUT2D eigenvalue weighted by atomic mass is 10.0. The van der Waals surface area contributed by atoms with Gasteiger partial charge >= 0.3 is 0 Å². The Morgan fingerprint density at radius 2 is 1.73 bits per heavy atom. The first-order valence-electron chi connectivity index (χ1n) is 10.8. The Bertz CT molecular complexity index is 1750. The van der Waals surface area contributed by atoms with Gasteiger partial charge in [0.15, 0.2) is 4.96 Å². The van der Waals surface area contributed by atoms with Crippen LogP contribution in [-0.2, 0) is 6.61 Å². The van der Waals surface area contributed by atoms with Gasteiger partial charge in [0.1, 0.15) is 12.4 Å². The summed E-state index contributed by atoms with van der Waals surface area (Å²) in [6.45, 7) is 2.53. The van der Waals surface area contributed by atoms with Crippen LogP contribution in [0.4, 0.5) is 0 Å². The molecule has 5 heteroatoms. The lowest BCUT2D eigenvalue weighted by Gasteiger charge is -2.12. The van der Waals surface area contributed by atoms with Crippen LogP contribution in [-0.4, -0.2) is 9.38 Å². The predicted octanol–water partition coefficient (Wildman–Crippen LogP) is 5.50. The molecular formula is C28H20N2O2S. The second-order valence-corrected chi connectivity index (χ2v) is 9.12. The van der Waals surface area contributed by atoms with Gasteiger partial charge in [-0.05, 0) is 47.5 Å². The number of hydrogen-bond acceptors (Lipinski definition) is 4. The molecule has 0 spiro atoms. The molecule has 0 unspecified atom stereocenters. The third-order valence-corrected chi connectivity index (χ3v) is 6.84. The molecule has 4 aromatic carbocycles. The summed E-state index contributed by atoms with van der Waals surface area (Å²) in [5.41, 5.74) is 4.84. The molecule has 160 valence electrons. The van der Waals surface area contributed by atoms with Crippen molar-refractivity contribution in [2.24, 2.45) is 0 Å². The van der Waals surface area contributed by atoms with Crippen molar-refractivity contribution < 1.29 is 4.74 Å². The summed E-state index contributed by atoms with van der Waals surface area (Å²) in [6, 6.07) is 28.3. The van der Waals surface area contributed by atoms with Crippen LogP contribution >= 0.6 is 11.3 Å². The van der Waals surface area contributed by atoms with E-state index in [4.69, 9.17) is 4.74 Å². The SMILES string of the molecule is Cc1ccc(COc2ccc3ccccc3c2/C=c2\sc3nc4ccccc4n3c2=O)cc1. The molecule has 0 bridgehead atoms. The summed E-state index contributed by atoms with van der Waals surface area (Å²) in [5, 5.41) is 2.15. The molecule has 0 N–H and O–H groups in total. The van der Waals surface area contributed by atoms with Crippen LogP contribution in [0.2, 0.25) is 0 Å². The standard InChI is InChI=1S/C28H20N2O2S/c1-18-10-12-19(13-11-18)17-32-25-15-14-20-6-2-3-7-21(20)22(25)16-26-27(31)30-24-9-5-4-8-23(24)29-28(30)33-26/h2-16H,17H2,1H3/b26-16-. The van der Waals surface area contributed by atoms with Gasteiger partial charge in [-0.3, -0.25) is 4.79 Å². The van der Waals surface area contributed by atoms with Crippen LogP contribution in [0.25, 0.3) is 32.8 Å². The van der Waals surface area contributed by atoms with Gasteiger partial charge in [-0.15, -0.1) is 0 Å². The maximum absolute atomic E-state index is 13.3. The van der Waals surface area contributed by atoms with Crippen molar-refractivity contribution in [3.05, 3.63) is 117 Å². The Labute approximate surface area is 194 Å². The van der Waals surface area contributed by atoms with Gasteiger partial charge in [0.25, 0.3) is 5.56 Å². The molecule has 0 aliphatic rings. The molecule has 0 fully saturated rings. The van der Waals surface area contributed by atoms with Crippen molar-refractivity contribution in [1.29, 1.82) is 0 Å². The van der Waals surface area contributed by atoms with Crippen molar-refractivity contribution in [3.63, 3.8) is 0 Å². The Morgan fingerprint density at radius 1 is 0.939 bits per heavy atom. The molecule has 4 nitrogen and oxygen atoms in total. The number of nitrogens with zero attached hydrogens (tertiary/aromatic N) is 2. The van der Waals surface area contributed by atoms with Crippen LogP contribution < -0.4 is 14.8 Å². The van der Waals surface area contributed by atoms with E-state index in [9.17, 15) is 4.79 Å². The zero-order valence-electron chi connectivity index (χ0n) is 18.0. The zero-order chi connectivity index (χ0) is 22.4. The third-order valence-electron chi connectivity index (χ3n) is 5.87. The summed E-state index contributed by atoms with van der Waals surface area (Å²) in [4.78, 5) is 18.7. The third kappa shape index (κ3) is 3.47. The second-order valence-electron chi connectivity index (χ2n) is 8.11. The highest BCUT2D eigenvalue weighted by Gasteiger charge is 2.13. The van der Waals surface area contributed by atoms with Gasteiger partial charge in [0.2, 0.25) is 0 Å². The number of benzene rings is 4. The number of ether oxygens (including phenoxy) is 1. The molecular weight excluding hydrogens is 428 g/mol. The lowest BCUT2D eigenvalue weighted by molar-refractivity contribution is 0.306. The number of imidazole rings is 1. The van der Waals surface area contributed by atoms with Gasteiger partial charge in [-0.1, -0.05) is 83.6 Å². The normalized spacial score (nSPS) is 12.2. The van der Waals surface area contributed by atoms with E-state index < -0.39 is 0 Å². The number of aromatic nitrogens is 2. The van der Waals surface area contributed by atoms with Gasteiger partial charge in [0, 0.05) is 5.56 Å². The van der Waals surface area contributed by atoms with Gasteiger partial charge < -0.3 is 4.74 Å². The fraction of sp³-hybridized carbons (Fsp3) is 0.0714. The Balaban J connectivity index is 1.51. The molecule has 33 heavy (non-hydrogen) atoms. The van der Waals surface area contributed by atoms with Crippen LogP contribution in [0.1, 0.15) is 16.7 Å². The average molecular weight is 449 g/mol. The van der Waals surface area contributed by atoms with Crippen molar-refractivity contribution in [3.8, 4) is 5.75 Å². The summed E-state index contributed by atoms with van der Waals surface area (Å²) < 4.78 is 8.59. The number of aryl methyl sites for hydroxylation is 1. The van der Waals surface area contributed by atoms with E-state index >= 15 is 0 Å². The molecule has 2 aromatic heterocycles. The predicted molar refractivity (Wildman–Crippen MR) is 135 cm³/mol. The summed E-state index contributed by atoms with van der Waals surface area (Å²) >= 11 is 1.41. The maximum Gasteiger partial charge on any atom is 0.274 e. The number of hydrogen-bond donors (Lipinski definition) is 0. The monoisotopic (exact) mass is 448 g/mol.